The Balaban J connectivity index is 1.97. The Morgan fingerprint density at radius 1 is 1.00 bits per heavy atom. The van der Waals surface area contributed by atoms with E-state index in [4.69, 9.17) is 16.6 Å². The largest absolute Gasteiger partial charge is 0.268 e. The Morgan fingerprint density at radius 2 is 1.75 bits per heavy atom. The summed E-state index contributed by atoms with van der Waals surface area (Å²) in [6, 6.07) is 21.1. The molecule has 0 saturated heterocycles. The molecule has 1 heterocycles. The van der Waals surface area contributed by atoms with Crippen LogP contribution in [0, 0.1) is 10.5 Å². The van der Waals surface area contributed by atoms with Crippen molar-refractivity contribution < 1.29 is 0 Å². The molecule has 0 unspecified atom stereocenters. The summed E-state index contributed by atoms with van der Waals surface area (Å²) >= 11 is 8.18. The van der Waals surface area contributed by atoms with E-state index in [1.807, 2.05) is 85.8 Å². The summed E-state index contributed by atoms with van der Waals surface area (Å²) in [4.78, 5) is 18.2. The predicted octanol–water partition coefficient (Wildman–Crippen LogP) is 6.12. The third-order valence-electron chi connectivity index (χ3n) is 4.51. The van der Waals surface area contributed by atoms with Crippen molar-refractivity contribution in [2.45, 2.75) is 6.92 Å². The minimum absolute atomic E-state index is 0.0754. The maximum Gasteiger partial charge on any atom is 0.266 e. The smallest absolute Gasteiger partial charge is 0.266 e. The lowest BCUT2D eigenvalue weighted by Crippen LogP contribution is -2.23. The van der Waals surface area contributed by atoms with E-state index in [2.05, 4.69) is 22.6 Å². The van der Waals surface area contributed by atoms with Crippen molar-refractivity contribution in [2.24, 2.45) is 0 Å². The molecule has 4 rings (SSSR count). The molecule has 3 nitrogen and oxygen atoms in total. The van der Waals surface area contributed by atoms with Crippen molar-refractivity contribution in [2.75, 3.05) is 0 Å². The summed E-state index contributed by atoms with van der Waals surface area (Å²) in [5.41, 5.74) is 3.44. The van der Waals surface area contributed by atoms with Crippen molar-refractivity contribution >= 4 is 57.2 Å². The summed E-state index contributed by atoms with van der Waals surface area (Å²) < 4.78 is 2.69. The second-order valence-corrected chi connectivity index (χ2v) is 8.13. The molecule has 0 aliphatic carbocycles. The number of halogens is 2. The summed E-state index contributed by atoms with van der Waals surface area (Å²) in [7, 11) is 0. The Bertz CT molecular complexity index is 1260. The van der Waals surface area contributed by atoms with Crippen molar-refractivity contribution in [3.05, 3.63) is 103 Å². The van der Waals surface area contributed by atoms with Crippen LogP contribution in [-0.2, 0) is 0 Å². The summed E-state index contributed by atoms with van der Waals surface area (Å²) in [5.74, 6) is 0.586. The molecule has 28 heavy (non-hydrogen) atoms. The maximum absolute atomic E-state index is 13.4. The minimum Gasteiger partial charge on any atom is -0.268 e. The molecular weight excluding hydrogens is 483 g/mol. The summed E-state index contributed by atoms with van der Waals surface area (Å²) in [6.07, 6.45) is 3.81. The molecule has 0 aliphatic heterocycles. The van der Waals surface area contributed by atoms with E-state index in [9.17, 15) is 4.79 Å². The highest BCUT2D eigenvalue weighted by Gasteiger charge is 2.13. The van der Waals surface area contributed by atoms with Gasteiger partial charge in [0.05, 0.1) is 16.6 Å². The van der Waals surface area contributed by atoms with Gasteiger partial charge in [0.1, 0.15) is 5.82 Å². The van der Waals surface area contributed by atoms with Crippen LogP contribution in [0.25, 0.3) is 28.7 Å². The van der Waals surface area contributed by atoms with E-state index in [1.54, 1.807) is 4.57 Å². The number of nitrogens with zero attached hydrogens (tertiary/aromatic N) is 2. The number of fused-ring (bicyclic) bond motifs is 1. The number of hydrogen-bond acceptors (Lipinski definition) is 2. The first-order valence-corrected chi connectivity index (χ1v) is 10.2. The number of aromatic nitrogens is 2. The first-order valence-electron chi connectivity index (χ1n) is 8.75. The molecule has 0 atom stereocenters. The fourth-order valence-electron chi connectivity index (χ4n) is 3.08. The lowest BCUT2D eigenvalue weighted by atomic mass is 10.1. The van der Waals surface area contributed by atoms with Gasteiger partial charge in [0.2, 0.25) is 0 Å². The van der Waals surface area contributed by atoms with Crippen LogP contribution >= 0.6 is 34.2 Å². The zero-order chi connectivity index (χ0) is 19.7. The van der Waals surface area contributed by atoms with Gasteiger partial charge in [0, 0.05) is 8.59 Å². The topological polar surface area (TPSA) is 34.9 Å². The molecule has 0 N–H and O–H groups in total. The fraction of sp³-hybridized carbons (Fsp3) is 0.0435. The number of rotatable bonds is 3. The maximum atomic E-state index is 13.4. The molecule has 0 fully saturated rings. The predicted molar refractivity (Wildman–Crippen MR) is 125 cm³/mol. The lowest BCUT2D eigenvalue weighted by molar-refractivity contribution is 0.934. The van der Waals surface area contributed by atoms with E-state index < -0.39 is 0 Å². The molecule has 3 aromatic carbocycles. The second-order valence-electron chi connectivity index (χ2n) is 6.44. The summed E-state index contributed by atoms with van der Waals surface area (Å²) in [6.45, 7) is 1.99. The van der Waals surface area contributed by atoms with Gasteiger partial charge in [-0.3, -0.25) is 9.36 Å². The van der Waals surface area contributed by atoms with Gasteiger partial charge in [-0.1, -0.05) is 48.0 Å². The van der Waals surface area contributed by atoms with Gasteiger partial charge in [-0.15, -0.1) is 0 Å². The molecule has 0 spiro atoms. The summed E-state index contributed by atoms with van der Waals surface area (Å²) in [5, 5.41) is 1.30. The minimum atomic E-state index is -0.0754. The third kappa shape index (κ3) is 3.75. The molecule has 4 aromatic rings. The number of para-hydroxylation sites is 1. The highest BCUT2D eigenvalue weighted by Crippen LogP contribution is 2.20. The first kappa shape index (κ1) is 18.9. The number of hydrogen-bond donors (Lipinski definition) is 0. The van der Waals surface area contributed by atoms with Crippen LogP contribution < -0.4 is 5.56 Å². The van der Waals surface area contributed by atoms with Gasteiger partial charge in [-0.2, -0.15) is 0 Å². The molecule has 1 aromatic heterocycles. The van der Waals surface area contributed by atoms with Crippen LogP contribution in [0.1, 0.15) is 17.0 Å². The molecule has 5 heteroatoms. The number of aryl methyl sites for hydroxylation is 1. The van der Waals surface area contributed by atoms with Gasteiger partial charge in [-0.05, 0) is 83.1 Å². The molecule has 0 aliphatic rings. The molecule has 0 bridgehead atoms. The SMILES string of the molecule is Cc1ccccc1-n1c(/C=C/c2ccc(Cl)cc2)nc2ccc(I)cc2c1=O. The Kier molecular flexibility index (Phi) is 5.33. The van der Waals surface area contributed by atoms with E-state index in [-0.39, 0.29) is 5.56 Å². The zero-order valence-electron chi connectivity index (χ0n) is 15.1. The Hall–Kier alpha value is -2.44. The highest BCUT2D eigenvalue weighted by molar-refractivity contribution is 14.1. The van der Waals surface area contributed by atoms with E-state index in [1.165, 1.54) is 0 Å². The van der Waals surface area contributed by atoms with Crippen LogP contribution in [0.4, 0.5) is 0 Å². The van der Waals surface area contributed by atoms with Gasteiger partial charge in [0.15, 0.2) is 0 Å². The van der Waals surface area contributed by atoms with Gasteiger partial charge in [-0.25, -0.2) is 4.98 Å². The van der Waals surface area contributed by atoms with E-state index in [0.29, 0.717) is 21.7 Å². The second kappa shape index (κ2) is 7.89. The molecule has 0 saturated carbocycles. The van der Waals surface area contributed by atoms with Gasteiger partial charge >= 0.3 is 0 Å². The normalized spacial score (nSPS) is 11.4. The Labute approximate surface area is 181 Å². The highest BCUT2D eigenvalue weighted by atomic mass is 127. The average Bonchev–Trinajstić information content (AvgIpc) is 2.69. The van der Waals surface area contributed by atoms with Crippen molar-refractivity contribution in [1.82, 2.24) is 9.55 Å². The molecular formula is C23H16ClIN2O. The molecule has 0 radical (unpaired) electrons. The van der Waals surface area contributed by atoms with Crippen LogP contribution in [0.3, 0.4) is 0 Å². The first-order chi connectivity index (χ1) is 13.5. The van der Waals surface area contributed by atoms with Crippen LogP contribution in [0.2, 0.25) is 5.02 Å². The lowest BCUT2D eigenvalue weighted by Gasteiger charge is -2.13. The van der Waals surface area contributed by atoms with Crippen molar-refractivity contribution in [1.29, 1.82) is 0 Å². The van der Waals surface area contributed by atoms with Crippen LogP contribution in [0.5, 0.6) is 0 Å². The van der Waals surface area contributed by atoms with Gasteiger partial charge in [0.25, 0.3) is 5.56 Å². The average molecular weight is 499 g/mol. The van der Waals surface area contributed by atoms with Crippen molar-refractivity contribution in [3.63, 3.8) is 0 Å². The standard InChI is InChI=1S/C23H16ClIN2O/c1-15-4-2-3-5-21(15)27-22(13-8-16-6-9-17(24)10-7-16)26-20-12-11-18(25)14-19(20)23(27)28/h2-14H,1H3/b13-8+. The zero-order valence-corrected chi connectivity index (χ0v) is 18.0. The van der Waals surface area contributed by atoms with E-state index in [0.717, 1.165) is 20.4 Å². The van der Waals surface area contributed by atoms with Crippen molar-refractivity contribution in [3.8, 4) is 5.69 Å². The quantitative estimate of drug-likeness (QED) is 0.319. The van der Waals surface area contributed by atoms with E-state index >= 15 is 0 Å². The van der Waals surface area contributed by atoms with Crippen LogP contribution in [-0.4, -0.2) is 9.55 Å². The third-order valence-corrected chi connectivity index (χ3v) is 5.43. The Morgan fingerprint density at radius 3 is 2.50 bits per heavy atom. The fourth-order valence-corrected chi connectivity index (χ4v) is 3.70. The van der Waals surface area contributed by atoms with Gasteiger partial charge < -0.3 is 0 Å². The molecule has 0 amide bonds. The monoisotopic (exact) mass is 498 g/mol. The number of benzene rings is 3. The van der Waals surface area contributed by atoms with Crippen LogP contribution in [0.15, 0.2) is 71.5 Å². The molecule has 138 valence electrons.